The molecule has 0 aliphatic heterocycles. The third kappa shape index (κ3) is 23.5. The molecule has 0 aromatic rings. The van der Waals surface area contributed by atoms with Gasteiger partial charge in [-0.3, -0.25) is 4.90 Å². The molecular formula is C4H10K3NO7P2. The van der Waals surface area contributed by atoms with E-state index in [1.165, 1.54) is 0 Å². The number of hydrogen-bond donors (Lipinski definition) is 2. The fourth-order valence-corrected chi connectivity index (χ4v) is 2.46. The number of rotatable bonds is 6. The predicted molar refractivity (Wildman–Crippen MR) is 41.0 cm³/mol. The fourth-order valence-electron chi connectivity index (χ4n) is 0.825. The van der Waals surface area contributed by atoms with Crippen LogP contribution in [0.25, 0.3) is 0 Å². The van der Waals surface area contributed by atoms with Gasteiger partial charge < -0.3 is 33.8 Å². The average Bonchev–Trinajstić information content (AvgIpc) is 1.78. The molecule has 13 heteroatoms. The Kier molecular flexibility index (Phi) is 26.0. The van der Waals surface area contributed by atoms with Crippen molar-refractivity contribution in [1.29, 1.82) is 0 Å². The maximum absolute atomic E-state index is 10.4. The van der Waals surface area contributed by atoms with Crippen molar-refractivity contribution in [3.05, 3.63) is 0 Å². The average molecular weight is 363 g/mol. The molecule has 1 atom stereocenters. The second-order valence-corrected chi connectivity index (χ2v) is 5.71. The van der Waals surface area contributed by atoms with Gasteiger partial charge in [-0.25, -0.2) is 0 Å². The quantitative estimate of drug-likeness (QED) is 0.349. The minimum atomic E-state index is -4.89. The molecule has 0 rings (SSSR count). The smallest absolute Gasteiger partial charge is 0.810 e. The van der Waals surface area contributed by atoms with E-state index in [1.807, 2.05) is 0 Å². The van der Waals surface area contributed by atoms with Gasteiger partial charge in [-0.05, 0) is 0 Å². The Labute approximate surface area is 227 Å². The summed E-state index contributed by atoms with van der Waals surface area (Å²) in [6.07, 6.45) is -2.01. The maximum Gasteiger partial charge on any atom is 1.00 e. The van der Waals surface area contributed by atoms with Crippen molar-refractivity contribution in [3.8, 4) is 0 Å². The molecule has 0 aliphatic carbocycles. The molecule has 0 aliphatic rings. The SMILES string of the molecule is O=P([O-])([O-])CN(CCO)CP(=O)([O-])O.[K+].[K+].[K+]. The van der Waals surface area contributed by atoms with Crippen LogP contribution >= 0.6 is 15.2 Å². The summed E-state index contributed by atoms with van der Waals surface area (Å²) < 4.78 is 20.6. The Hall–Kier alpha value is 5.13. The Bertz CT molecular complexity index is 244. The van der Waals surface area contributed by atoms with E-state index in [0.29, 0.717) is 4.90 Å². The van der Waals surface area contributed by atoms with E-state index in [2.05, 4.69) is 0 Å². The summed E-state index contributed by atoms with van der Waals surface area (Å²) >= 11 is 0. The van der Waals surface area contributed by atoms with Gasteiger partial charge in [0.2, 0.25) is 0 Å². The van der Waals surface area contributed by atoms with Crippen LogP contribution in [0.1, 0.15) is 0 Å². The van der Waals surface area contributed by atoms with Gasteiger partial charge in [-0.1, -0.05) is 7.60 Å². The van der Waals surface area contributed by atoms with Gasteiger partial charge in [0.15, 0.2) is 0 Å². The van der Waals surface area contributed by atoms with Crippen LogP contribution in [-0.4, -0.2) is 40.6 Å². The monoisotopic (exact) mass is 363 g/mol. The third-order valence-electron chi connectivity index (χ3n) is 1.17. The summed E-state index contributed by atoms with van der Waals surface area (Å²) in [7, 11) is -9.57. The molecule has 8 nitrogen and oxygen atoms in total. The molecule has 2 N–H and O–H groups in total. The van der Waals surface area contributed by atoms with E-state index < -0.39 is 34.4 Å². The molecule has 0 aromatic heterocycles. The van der Waals surface area contributed by atoms with Gasteiger partial charge in [-0.2, -0.15) is 0 Å². The molecule has 0 bridgehead atoms. The van der Waals surface area contributed by atoms with Crippen molar-refractivity contribution in [3.63, 3.8) is 0 Å². The first-order chi connectivity index (χ1) is 6.14. The van der Waals surface area contributed by atoms with Crippen molar-refractivity contribution in [2.75, 3.05) is 25.7 Å². The van der Waals surface area contributed by atoms with Crippen LogP contribution < -0.4 is 169 Å². The molecule has 0 amide bonds. The summed E-state index contributed by atoms with van der Waals surface area (Å²) in [5.74, 6) is 0. The van der Waals surface area contributed by atoms with E-state index >= 15 is 0 Å². The second kappa shape index (κ2) is 14.7. The van der Waals surface area contributed by atoms with Crippen molar-refractivity contribution in [2.45, 2.75) is 0 Å². The zero-order valence-corrected chi connectivity index (χ0v) is 21.3. The molecule has 0 saturated heterocycles. The zero-order chi connectivity index (χ0) is 11.4. The Balaban J connectivity index is -0.000000282. The zero-order valence-electron chi connectivity index (χ0n) is 10.1. The van der Waals surface area contributed by atoms with Gasteiger partial charge >= 0.3 is 154 Å². The predicted octanol–water partition coefficient (Wildman–Crippen LogP) is -12.3. The molecule has 0 fully saturated rings. The van der Waals surface area contributed by atoms with E-state index in [1.54, 1.807) is 0 Å². The molecular weight excluding hydrogens is 353 g/mol. The fraction of sp³-hybridized carbons (Fsp3) is 1.00. The first kappa shape index (κ1) is 30.1. The van der Waals surface area contributed by atoms with Crippen LogP contribution in [-0.2, 0) is 9.13 Å². The number of aliphatic hydroxyl groups excluding tert-OH is 1. The van der Waals surface area contributed by atoms with Crippen LogP contribution in [0.5, 0.6) is 0 Å². The van der Waals surface area contributed by atoms with Gasteiger partial charge in [-0.15, -0.1) is 0 Å². The van der Waals surface area contributed by atoms with E-state index in [-0.39, 0.29) is 161 Å². The second-order valence-electron chi connectivity index (χ2n) is 2.65. The minimum absolute atomic E-state index is 0. The minimum Gasteiger partial charge on any atom is -0.810 e. The van der Waals surface area contributed by atoms with E-state index in [4.69, 9.17) is 10.00 Å². The largest absolute Gasteiger partial charge is 1.00 e. The first-order valence-electron chi connectivity index (χ1n) is 3.51. The topological polar surface area (TPSA) is 147 Å². The molecule has 86 valence electrons. The standard InChI is InChI=1S/C4H13NO7P2.3K/c6-2-1-5(3-13(7,8)9)4-14(10,11)12;;;/h6H,1-4H2,(H2,7,8,9)(H2,10,11,12);;;/q;3*+1/p-3. The Morgan fingerprint density at radius 2 is 1.41 bits per heavy atom. The molecule has 17 heavy (non-hydrogen) atoms. The molecule has 0 radical (unpaired) electrons. The first-order valence-corrected chi connectivity index (χ1v) is 7.00. The normalized spacial score (nSPS) is 14.0. The van der Waals surface area contributed by atoms with Gasteiger partial charge in [0.1, 0.15) is 7.60 Å². The van der Waals surface area contributed by atoms with Crippen molar-refractivity contribution < 1.29 is 188 Å². The number of aliphatic hydroxyl groups is 1. The van der Waals surface area contributed by atoms with Crippen LogP contribution in [0.2, 0.25) is 0 Å². The van der Waals surface area contributed by atoms with Crippen molar-refractivity contribution in [1.82, 2.24) is 4.90 Å². The maximum atomic E-state index is 10.4. The molecule has 0 saturated carbocycles. The summed E-state index contributed by atoms with van der Waals surface area (Å²) in [5.41, 5.74) is 0. The van der Waals surface area contributed by atoms with Gasteiger partial charge in [0.05, 0.1) is 12.9 Å². The van der Waals surface area contributed by atoms with E-state index in [9.17, 15) is 23.8 Å². The Morgan fingerprint density at radius 3 is 1.65 bits per heavy atom. The van der Waals surface area contributed by atoms with Crippen molar-refractivity contribution in [2.24, 2.45) is 0 Å². The van der Waals surface area contributed by atoms with Crippen LogP contribution in [0.3, 0.4) is 0 Å². The molecule has 0 heterocycles. The van der Waals surface area contributed by atoms with Crippen LogP contribution in [0.4, 0.5) is 0 Å². The summed E-state index contributed by atoms with van der Waals surface area (Å²) in [6, 6.07) is 0. The molecule has 0 spiro atoms. The van der Waals surface area contributed by atoms with Crippen LogP contribution in [0, 0.1) is 0 Å². The van der Waals surface area contributed by atoms with Gasteiger partial charge in [0, 0.05) is 12.8 Å². The summed E-state index contributed by atoms with van der Waals surface area (Å²) in [5, 5.41) is 8.42. The molecule has 0 aromatic carbocycles. The van der Waals surface area contributed by atoms with Gasteiger partial charge in [0.25, 0.3) is 0 Å². The molecule has 1 unspecified atom stereocenters. The van der Waals surface area contributed by atoms with Crippen LogP contribution in [0.15, 0.2) is 0 Å². The summed E-state index contributed by atoms with van der Waals surface area (Å²) in [6.45, 7) is -0.832. The number of hydrogen-bond acceptors (Lipinski definition) is 7. The third-order valence-corrected chi connectivity index (χ3v) is 2.67. The summed E-state index contributed by atoms with van der Waals surface area (Å²) in [4.78, 5) is 40.0. The Morgan fingerprint density at radius 1 is 1.00 bits per heavy atom. The van der Waals surface area contributed by atoms with E-state index in [0.717, 1.165) is 0 Å². The van der Waals surface area contributed by atoms with Crippen molar-refractivity contribution >= 4 is 15.2 Å². The number of nitrogens with zero attached hydrogens (tertiary/aromatic N) is 1.